The lowest BCUT2D eigenvalue weighted by molar-refractivity contribution is -0.140. The smallest absolute Gasteiger partial charge is 0.295 e. The number of phenolic OH excluding ortho intramolecular Hbond substituents is 1. The highest BCUT2D eigenvalue weighted by molar-refractivity contribution is 6.46. The molecule has 8 heteroatoms. The number of halogens is 1. The van der Waals surface area contributed by atoms with Gasteiger partial charge in [0.15, 0.2) is 0 Å². The number of hydrogen-bond acceptors (Lipinski definition) is 6. The first-order valence-corrected chi connectivity index (χ1v) is 9.68. The second-order valence-electron chi connectivity index (χ2n) is 7.24. The van der Waals surface area contributed by atoms with Crippen LogP contribution in [0.4, 0.5) is 0 Å². The number of phenols is 1. The van der Waals surface area contributed by atoms with E-state index in [-0.39, 0.29) is 23.6 Å². The van der Waals surface area contributed by atoms with E-state index in [2.05, 4.69) is 0 Å². The highest BCUT2D eigenvalue weighted by atomic mass is 35.5. The Morgan fingerprint density at radius 3 is 2.57 bits per heavy atom. The predicted molar refractivity (Wildman–Crippen MR) is 114 cm³/mol. The number of likely N-dealkylation sites (N-methyl/N-ethyl adjacent to an activating group) is 1. The highest BCUT2D eigenvalue weighted by Gasteiger charge is 2.46. The number of benzene rings is 2. The van der Waals surface area contributed by atoms with Crippen LogP contribution in [0.2, 0.25) is 5.02 Å². The van der Waals surface area contributed by atoms with E-state index in [4.69, 9.17) is 16.3 Å². The molecule has 1 aliphatic heterocycles. The maximum atomic E-state index is 12.9. The summed E-state index contributed by atoms with van der Waals surface area (Å²) in [5.41, 5.74) is 0.774. The molecule has 1 atom stereocenters. The molecule has 1 amide bonds. The Hall–Kier alpha value is -3.03. The predicted octanol–water partition coefficient (Wildman–Crippen LogP) is 3.04. The van der Waals surface area contributed by atoms with E-state index in [1.807, 2.05) is 19.0 Å². The van der Waals surface area contributed by atoms with E-state index < -0.39 is 17.7 Å². The molecule has 0 spiro atoms. The summed E-state index contributed by atoms with van der Waals surface area (Å²) in [4.78, 5) is 29.0. The number of amides is 1. The average molecular weight is 431 g/mol. The number of ether oxygens (including phenoxy) is 1. The summed E-state index contributed by atoms with van der Waals surface area (Å²) in [6, 6.07) is 10.1. The van der Waals surface area contributed by atoms with Gasteiger partial charge in [-0.25, -0.2) is 0 Å². The van der Waals surface area contributed by atoms with Gasteiger partial charge in [0.05, 0.1) is 23.7 Å². The van der Waals surface area contributed by atoms with E-state index in [9.17, 15) is 19.8 Å². The van der Waals surface area contributed by atoms with E-state index in [0.29, 0.717) is 28.4 Å². The molecule has 1 fully saturated rings. The van der Waals surface area contributed by atoms with Gasteiger partial charge in [-0.3, -0.25) is 9.59 Å². The zero-order valence-corrected chi connectivity index (χ0v) is 17.7. The Bertz CT molecular complexity index is 1020. The summed E-state index contributed by atoms with van der Waals surface area (Å²) >= 11 is 6.06. The van der Waals surface area contributed by atoms with Crippen LogP contribution in [-0.2, 0) is 9.59 Å². The molecule has 2 aromatic rings. The fourth-order valence-electron chi connectivity index (χ4n) is 3.42. The number of likely N-dealkylation sites (tertiary alicyclic amines) is 1. The van der Waals surface area contributed by atoms with Crippen molar-refractivity contribution in [1.82, 2.24) is 9.80 Å². The van der Waals surface area contributed by atoms with Crippen LogP contribution in [0.5, 0.6) is 11.5 Å². The number of Topliss-reactive ketones (excluding diaryl/α,β-unsaturated/α-hetero) is 1. The van der Waals surface area contributed by atoms with Crippen molar-refractivity contribution in [3.05, 3.63) is 64.2 Å². The Balaban J connectivity index is 2.17. The quantitative estimate of drug-likeness (QED) is 0.416. The number of aliphatic hydroxyl groups is 1. The number of ketones is 1. The minimum absolute atomic E-state index is 0.00106. The third kappa shape index (κ3) is 4.13. The lowest BCUT2D eigenvalue weighted by Crippen LogP contribution is -2.35. The van der Waals surface area contributed by atoms with Crippen LogP contribution in [0.25, 0.3) is 5.76 Å². The first-order valence-electron chi connectivity index (χ1n) is 9.30. The molecule has 0 radical (unpaired) electrons. The van der Waals surface area contributed by atoms with Crippen molar-refractivity contribution in [1.29, 1.82) is 0 Å². The number of carbonyl (C=O) groups excluding carboxylic acids is 2. The molecule has 1 saturated heterocycles. The standard InChI is InChI=1S/C22H23ClN2O5/c1-24(2)9-10-25-19(13-5-4-6-15(26)11-13)18(21(28)22(25)29)20(27)14-7-8-16(23)17(12-14)30-3/h4-8,11-12,19,26-27H,9-10H2,1-3H3/b20-18-. The molecule has 1 heterocycles. The Morgan fingerprint density at radius 1 is 1.20 bits per heavy atom. The van der Waals surface area contributed by atoms with Gasteiger partial charge in [0.2, 0.25) is 0 Å². The van der Waals surface area contributed by atoms with Gasteiger partial charge in [-0.15, -0.1) is 0 Å². The zero-order chi connectivity index (χ0) is 22.0. The number of rotatable bonds is 6. The summed E-state index contributed by atoms with van der Waals surface area (Å²) in [6.45, 7) is 0.801. The van der Waals surface area contributed by atoms with Crippen molar-refractivity contribution in [2.75, 3.05) is 34.3 Å². The molecular weight excluding hydrogens is 408 g/mol. The Labute approximate surface area is 179 Å². The van der Waals surface area contributed by atoms with Gasteiger partial charge in [0.1, 0.15) is 17.3 Å². The first kappa shape index (κ1) is 21.7. The fourth-order valence-corrected chi connectivity index (χ4v) is 3.62. The summed E-state index contributed by atoms with van der Waals surface area (Å²) in [7, 11) is 5.16. The van der Waals surface area contributed by atoms with E-state index in [0.717, 1.165) is 0 Å². The van der Waals surface area contributed by atoms with Gasteiger partial charge >= 0.3 is 0 Å². The maximum absolute atomic E-state index is 12.9. The van der Waals surface area contributed by atoms with E-state index in [1.165, 1.54) is 30.2 Å². The minimum atomic E-state index is -0.835. The molecule has 1 aliphatic rings. The van der Waals surface area contributed by atoms with Crippen LogP contribution >= 0.6 is 11.6 Å². The Kier molecular flexibility index (Phi) is 6.34. The number of nitrogens with zero attached hydrogens (tertiary/aromatic N) is 2. The average Bonchev–Trinajstić information content (AvgIpc) is 2.96. The van der Waals surface area contributed by atoms with Gasteiger partial charge in [0, 0.05) is 18.7 Å². The van der Waals surface area contributed by atoms with Crippen molar-refractivity contribution >= 4 is 29.1 Å². The molecule has 2 N–H and O–H groups in total. The molecule has 7 nitrogen and oxygen atoms in total. The number of aromatic hydroxyl groups is 1. The lowest BCUT2D eigenvalue weighted by atomic mass is 9.95. The van der Waals surface area contributed by atoms with Crippen LogP contribution in [0.3, 0.4) is 0 Å². The third-order valence-corrected chi connectivity index (χ3v) is 5.25. The molecule has 158 valence electrons. The SMILES string of the molecule is COc1cc(/C(O)=C2/C(=O)C(=O)N(CCN(C)C)C2c2cccc(O)c2)ccc1Cl. The highest BCUT2D eigenvalue weighted by Crippen LogP contribution is 2.40. The van der Waals surface area contributed by atoms with Gasteiger partial charge < -0.3 is 24.7 Å². The van der Waals surface area contributed by atoms with Crippen LogP contribution in [0, 0.1) is 0 Å². The topological polar surface area (TPSA) is 90.3 Å². The molecule has 3 rings (SSSR count). The summed E-state index contributed by atoms with van der Waals surface area (Å²) < 4.78 is 5.19. The second kappa shape index (κ2) is 8.77. The summed E-state index contributed by atoms with van der Waals surface area (Å²) in [5.74, 6) is -1.49. The zero-order valence-electron chi connectivity index (χ0n) is 16.9. The largest absolute Gasteiger partial charge is 0.508 e. The molecule has 30 heavy (non-hydrogen) atoms. The number of hydrogen-bond donors (Lipinski definition) is 2. The van der Waals surface area contributed by atoms with Gasteiger partial charge in [-0.05, 0) is 50.0 Å². The van der Waals surface area contributed by atoms with Crippen molar-refractivity contribution in [2.45, 2.75) is 6.04 Å². The van der Waals surface area contributed by atoms with Crippen molar-refractivity contribution in [2.24, 2.45) is 0 Å². The molecular formula is C22H23ClN2O5. The summed E-state index contributed by atoms with van der Waals surface area (Å²) in [5, 5.41) is 21.3. The minimum Gasteiger partial charge on any atom is -0.508 e. The molecule has 1 unspecified atom stereocenters. The van der Waals surface area contributed by atoms with Gasteiger partial charge in [-0.2, -0.15) is 0 Å². The van der Waals surface area contributed by atoms with Crippen molar-refractivity contribution in [3.63, 3.8) is 0 Å². The monoisotopic (exact) mass is 430 g/mol. The third-order valence-electron chi connectivity index (χ3n) is 4.94. The van der Waals surface area contributed by atoms with Gasteiger partial charge in [-0.1, -0.05) is 23.7 Å². The number of aliphatic hydroxyl groups excluding tert-OH is 1. The summed E-state index contributed by atoms with van der Waals surface area (Å²) in [6.07, 6.45) is 0. The Morgan fingerprint density at radius 2 is 1.93 bits per heavy atom. The van der Waals surface area contributed by atoms with E-state index in [1.54, 1.807) is 24.3 Å². The molecule has 0 saturated carbocycles. The lowest BCUT2D eigenvalue weighted by Gasteiger charge is -2.26. The van der Waals surface area contributed by atoms with Crippen molar-refractivity contribution in [3.8, 4) is 11.5 Å². The number of methoxy groups -OCH3 is 1. The maximum Gasteiger partial charge on any atom is 0.295 e. The molecule has 0 bridgehead atoms. The second-order valence-corrected chi connectivity index (χ2v) is 7.65. The van der Waals surface area contributed by atoms with E-state index >= 15 is 0 Å². The van der Waals surface area contributed by atoms with Crippen LogP contribution in [0.1, 0.15) is 17.2 Å². The van der Waals surface area contributed by atoms with Crippen LogP contribution in [-0.4, -0.2) is 66.0 Å². The van der Waals surface area contributed by atoms with Crippen LogP contribution < -0.4 is 4.74 Å². The number of carbonyl (C=O) groups is 2. The molecule has 0 aromatic heterocycles. The molecule has 0 aliphatic carbocycles. The fraction of sp³-hybridized carbons (Fsp3) is 0.273. The van der Waals surface area contributed by atoms with Crippen molar-refractivity contribution < 1.29 is 24.5 Å². The van der Waals surface area contributed by atoms with Crippen LogP contribution in [0.15, 0.2) is 48.0 Å². The molecule has 2 aromatic carbocycles. The normalized spacial score (nSPS) is 18.3. The first-order chi connectivity index (χ1) is 14.2. The van der Waals surface area contributed by atoms with Gasteiger partial charge in [0.25, 0.3) is 11.7 Å².